The Labute approximate surface area is 221 Å². The summed E-state index contributed by atoms with van der Waals surface area (Å²) < 4.78 is 45.5. The lowest BCUT2D eigenvalue weighted by Crippen LogP contribution is -2.42. The van der Waals surface area contributed by atoms with Crippen LogP contribution in [0.3, 0.4) is 0 Å². The van der Waals surface area contributed by atoms with Crippen LogP contribution in [0.5, 0.6) is 5.75 Å². The van der Waals surface area contributed by atoms with Crippen LogP contribution >= 0.6 is 0 Å². The molecule has 10 nitrogen and oxygen atoms in total. The first-order valence-electron chi connectivity index (χ1n) is 12.2. The topological polar surface area (TPSA) is 134 Å². The number of benzene rings is 1. The number of nitrogens with zero attached hydrogens (tertiary/aromatic N) is 5. The zero-order chi connectivity index (χ0) is 27.9. The Morgan fingerprint density at radius 3 is 2.69 bits per heavy atom. The lowest BCUT2D eigenvalue weighted by molar-refractivity contribution is -0.274. The van der Waals surface area contributed by atoms with Crippen LogP contribution < -0.4 is 16.2 Å². The van der Waals surface area contributed by atoms with Crippen LogP contribution in [0.25, 0.3) is 11.3 Å². The second-order valence-electron chi connectivity index (χ2n) is 9.91. The van der Waals surface area contributed by atoms with E-state index < -0.39 is 12.3 Å². The van der Waals surface area contributed by atoms with Crippen molar-refractivity contribution in [3.63, 3.8) is 0 Å². The van der Waals surface area contributed by atoms with Crippen LogP contribution in [0.2, 0.25) is 0 Å². The first kappa shape index (κ1) is 26.1. The number of hydrogen-bond acceptors (Lipinski definition) is 6. The zero-order valence-electron chi connectivity index (χ0n) is 21.0. The number of nitrogen functional groups attached to an aromatic ring is 1. The number of hydrogen-bond donors (Lipinski definition) is 2. The van der Waals surface area contributed by atoms with Gasteiger partial charge in [-0.25, -0.2) is 4.68 Å². The molecule has 1 saturated carbocycles. The van der Waals surface area contributed by atoms with E-state index in [-0.39, 0.29) is 52.3 Å². The minimum absolute atomic E-state index is 0.0167. The van der Waals surface area contributed by atoms with Crippen molar-refractivity contribution in [2.45, 2.75) is 45.1 Å². The molecule has 5 rings (SSSR count). The first-order chi connectivity index (χ1) is 18.5. The Kier molecular flexibility index (Phi) is 6.49. The zero-order valence-corrected chi connectivity index (χ0v) is 21.0. The average Bonchev–Trinajstić information content (AvgIpc) is 3.56. The molecule has 0 atom stereocenters. The number of primary amides is 1. The fourth-order valence-electron chi connectivity index (χ4n) is 5.52. The normalized spacial score (nSPS) is 20.4. The van der Waals surface area contributed by atoms with Gasteiger partial charge in [-0.3, -0.25) is 14.3 Å². The molecule has 3 heterocycles. The maximum Gasteiger partial charge on any atom is 0.573 e. The van der Waals surface area contributed by atoms with E-state index in [1.807, 2.05) is 0 Å². The van der Waals surface area contributed by atoms with Crippen LogP contribution in [0.15, 0.2) is 36.7 Å². The minimum atomic E-state index is -4.83. The van der Waals surface area contributed by atoms with E-state index in [2.05, 4.69) is 26.8 Å². The number of anilines is 1. The predicted octanol–water partition coefficient (Wildman–Crippen LogP) is 2.95. The highest BCUT2D eigenvalue weighted by atomic mass is 19.4. The number of nitrogens with two attached hydrogens (primary N) is 2. The van der Waals surface area contributed by atoms with E-state index in [1.165, 1.54) is 29.1 Å². The molecule has 39 heavy (non-hydrogen) atoms. The van der Waals surface area contributed by atoms with Gasteiger partial charge in [-0.05, 0) is 43.6 Å². The van der Waals surface area contributed by atoms with Crippen molar-refractivity contribution in [2.75, 3.05) is 18.8 Å². The smallest absolute Gasteiger partial charge is 0.405 e. The van der Waals surface area contributed by atoms with E-state index >= 15 is 0 Å². The maximum absolute atomic E-state index is 12.8. The molecule has 1 spiro atoms. The highest BCUT2D eigenvalue weighted by molar-refractivity contribution is 6.03. The van der Waals surface area contributed by atoms with Gasteiger partial charge >= 0.3 is 6.36 Å². The summed E-state index contributed by atoms with van der Waals surface area (Å²) in [6.07, 6.45) is 0.486. The summed E-state index contributed by atoms with van der Waals surface area (Å²) in [5, 5.41) is 8.84. The van der Waals surface area contributed by atoms with Crippen LogP contribution in [-0.2, 0) is 11.3 Å². The average molecular weight is 542 g/mol. The molecule has 1 aliphatic carbocycles. The molecule has 13 heteroatoms. The Balaban J connectivity index is 1.35. The highest BCUT2D eigenvalue weighted by Gasteiger charge is 2.51. The van der Waals surface area contributed by atoms with Crippen molar-refractivity contribution >= 4 is 17.6 Å². The number of rotatable bonds is 6. The summed E-state index contributed by atoms with van der Waals surface area (Å²) in [7, 11) is 0. The number of alkyl halides is 3. The van der Waals surface area contributed by atoms with Gasteiger partial charge < -0.3 is 21.1 Å². The van der Waals surface area contributed by atoms with Crippen molar-refractivity contribution in [1.29, 1.82) is 0 Å². The van der Waals surface area contributed by atoms with Gasteiger partial charge in [0.05, 0.1) is 18.8 Å². The molecule has 1 aromatic carbocycles. The third-order valence-corrected chi connectivity index (χ3v) is 7.27. The highest BCUT2D eigenvalue weighted by Crippen LogP contribution is 2.54. The molecule has 204 valence electrons. The quantitative estimate of drug-likeness (QED) is 0.461. The fraction of sp³-hybridized carbons (Fsp3) is 0.385. The molecule has 1 aliphatic heterocycles. The van der Waals surface area contributed by atoms with Gasteiger partial charge in [0, 0.05) is 30.4 Å². The molecule has 3 aromatic rings. The lowest BCUT2D eigenvalue weighted by Gasteiger charge is -2.45. The molecule has 2 aromatic heterocycles. The molecule has 2 amide bonds. The number of ether oxygens (including phenoxy) is 1. The Morgan fingerprint density at radius 2 is 2.00 bits per heavy atom. The fourth-order valence-corrected chi connectivity index (χ4v) is 5.52. The van der Waals surface area contributed by atoms with E-state index in [0.717, 1.165) is 19.3 Å². The Bertz CT molecular complexity index is 1490. The summed E-state index contributed by atoms with van der Waals surface area (Å²) in [6.45, 7) is 2.86. The number of likely N-dealkylation sites (tertiary alicyclic amines) is 1. The van der Waals surface area contributed by atoms with Crippen molar-refractivity contribution < 1.29 is 27.5 Å². The van der Waals surface area contributed by atoms with Gasteiger partial charge in [0.2, 0.25) is 0 Å². The lowest BCUT2D eigenvalue weighted by atomic mass is 9.65. The first-order valence-corrected chi connectivity index (χ1v) is 12.2. The van der Waals surface area contributed by atoms with Gasteiger partial charge in [-0.15, -0.1) is 13.2 Å². The molecular weight excluding hydrogens is 515 g/mol. The van der Waals surface area contributed by atoms with E-state index in [0.29, 0.717) is 18.7 Å². The predicted molar refractivity (Wildman–Crippen MR) is 134 cm³/mol. The number of para-hydroxylation sites is 1. The van der Waals surface area contributed by atoms with E-state index in [9.17, 15) is 22.8 Å². The van der Waals surface area contributed by atoms with Gasteiger partial charge in [-0.1, -0.05) is 24.1 Å². The summed E-state index contributed by atoms with van der Waals surface area (Å²) >= 11 is 0. The van der Waals surface area contributed by atoms with Crippen LogP contribution in [0, 0.1) is 17.3 Å². The summed E-state index contributed by atoms with van der Waals surface area (Å²) in [5.74, 6) is 4.09. The molecular formula is C26H26F3N7O3. The standard InChI is InChI=1S/C26H26F3N7O3/c1-2-5-20(37)34-9-8-25(15-34)10-18(11-25)36-23(30)21(24(31)38)22(33-36)17-12-32-35(14-17)13-16-6-3-4-7-19(16)39-26(27,28)29/h3-4,6-7,12,14,18H,8-11,13,15,30H2,1H3,(H2,31,38). The molecule has 0 unspecified atom stereocenters. The SMILES string of the molecule is CC#CC(=O)N1CCC2(CC(n3nc(-c4cnn(Cc5ccccc5OC(F)(F)F)c4)c(C(N)=O)c3N)C2)C1. The van der Waals surface area contributed by atoms with Crippen LogP contribution in [-0.4, -0.2) is 55.7 Å². The number of carbonyl (C=O) groups is 2. The summed E-state index contributed by atoms with van der Waals surface area (Å²) in [6, 6.07) is 5.69. The number of carbonyl (C=O) groups excluding carboxylic acids is 2. The minimum Gasteiger partial charge on any atom is -0.405 e. The van der Waals surface area contributed by atoms with Crippen LogP contribution in [0.1, 0.15) is 48.1 Å². The maximum atomic E-state index is 12.8. The second kappa shape index (κ2) is 9.68. The molecule has 2 fully saturated rings. The number of aromatic nitrogens is 4. The van der Waals surface area contributed by atoms with Crippen LogP contribution in [0.4, 0.5) is 19.0 Å². The molecule has 1 saturated heterocycles. The van der Waals surface area contributed by atoms with E-state index in [4.69, 9.17) is 11.5 Å². The van der Waals surface area contributed by atoms with Gasteiger partial charge in [-0.2, -0.15) is 10.2 Å². The van der Waals surface area contributed by atoms with Crippen molar-refractivity contribution in [2.24, 2.45) is 11.1 Å². The Hall–Kier alpha value is -4.47. The summed E-state index contributed by atoms with van der Waals surface area (Å²) in [4.78, 5) is 26.3. The van der Waals surface area contributed by atoms with E-state index in [1.54, 1.807) is 28.8 Å². The molecule has 2 aliphatic rings. The monoisotopic (exact) mass is 541 g/mol. The molecule has 4 N–H and O–H groups in total. The van der Waals surface area contributed by atoms with Crippen molar-refractivity contribution in [3.05, 3.63) is 47.8 Å². The third-order valence-electron chi connectivity index (χ3n) is 7.27. The number of halogens is 3. The van der Waals surface area contributed by atoms with Gasteiger partial charge in [0.1, 0.15) is 22.8 Å². The van der Waals surface area contributed by atoms with Crippen molar-refractivity contribution in [3.8, 4) is 28.8 Å². The van der Waals surface area contributed by atoms with Gasteiger partial charge in [0.15, 0.2) is 0 Å². The largest absolute Gasteiger partial charge is 0.573 e. The molecule has 0 radical (unpaired) electrons. The van der Waals surface area contributed by atoms with Gasteiger partial charge in [0.25, 0.3) is 11.8 Å². The number of amides is 2. The Morgan fingerprint density at radius 1 is 1.26 bits per heavy atom. The summed E-state index contributed by atoms with van der Waals surface area (Å²) in [5.41, 5.74) is 12.9. The second-order valence-corrected chi connectivity index (χ2v) is 9.91. The van der Waals surface area contributed by atoms with Crippen molar-refractivity contribution in [1.82, 2.24) is 24.5 Å². The third kappa shape index (κ3) is 5.14. The molecule has 0 bridgehead atoms.